The van der Waals surface area contributed by atoms with Gasteiger partial charge in [0.1, 0.15) is 0 Å². The first-order chi connectivity index (χ1) is 16.6. The number of carbonyl (C=O) groups excluding carboxylic acids is 1. The van der Waals surface area contributed by atoms with Gasteiger partial charge in [-0.2, -0.15) is 0 Å². The monoisotopic (exact) mass is 457 g/mol. The van der Waals surface area contributed by atoms with Crippen LogP contribution >= 0.6 is 0 Å². The zero-order valence-electron chi connectivity index (χ0n) is 18.8. The normalized spacial score (nSPS) is 14.3. The lowest BCUT2D eigenvalue weighted by Crippen LogP contribution is -2.47. The fourth-order valence-electron chi connectivity index (χ4n) is 4.04. The van der Waals surface area contributed by atoms with E-state index in [1.165, 1.54) is 23.8 Å². The maximum atomic E-state index is 12.6. The van der Waals surface area contributed by atoms with Gasteiger partial charge in [-0.25, -0.2) is 0 Å². The van der Waals surface area contributed by atoms with Gasteiger partial charge in [-0.05, 0) is 48.4 Å². The van der Waals surface area contributed by atoms with Gasteiger partial charge in [0.2, 0.25) is 5.91 Å². The minimum atomic E-state index is -0.455. The number of aromatic nitrogens is 1. The Bertz CT molecular complexity index is 1160. The largest absolute Gasteiger partial charge is 0.367 e. The van der Waals surface area contributed by atoms with Crippen molar-refractivity contribution in [2.24, 2.45) is 0 Å². The Kier molecular flexibility index (Phi) is 7.62. The number of hydrogen-bond acceptors (Lipinski definition) is 6. The molecule has 4 rings (SSSR count). The number of carbonyl (C=O) groups is 1. The lowest BCUT2D eigenvalue weighted by Gasteiger charge is -2.37. The van der Waals surface area contributed by atoms with Gasteiger partial charge in [-0.15, -0.1) is 0 Å². The van der Waals surface area contributed by atoms with Gasteiger partial charge >= 0.3 is 0 Å². The topological polar surface area (TPSA) is 91.6 Å². The summed E-state index contributed by atoms with van der Waals surface area (Å²) in [5.41, 5.74) is 3.35. The van der Waals surface area contributed by atoms with Gasteiger partial charge in [-0.1, -0.05) is 24.3 Å². The Morgan fingerprint density at radius 3 is 2.47 bits per heavy atom. The van der Waals surface area contributed by atoms with Crippen LogP contribution in [0, 0.1) is 10.1 Å². The second-order valence-corrected chi connectivity index (χ2v) is 8.09. The molecule has 174 valence electrons. The van der Waals surface area contributed by atoms with Crippen LogP contribution in [0.15, 0.2) is 79.1 Å². The zero-order valence-corrected chi connectivity index (χ0v) is 18.8. The summed E-state index contributed by atoms with van der Waals surface area (Å²) < 4.78 is 0. The molecule has 1 amide bonds. The first-order valence-corrected chi connectivity index (χ1v) is 11.3. The molecule has 1 aliphatic heterocycles. The smallest absolute Gasteiger partial charge is 0.276 e. The van der Waals surface area contributed by atoms with Crippen molar-refractivity contribution in [3.05, 3.63) is 100 Å². The summed E-state index contributed by atoms with van der Waals surface area (Å²) in [7, 11) is 0. The standard InChI is InChI=1S/C26H27N5O3/c32-26(10-9-22-5-1-3-7-24(22)31(33)34)28-23-6-2-4-8-25(23)30-19-17-29(18-20-30)16-13-21-11-14-27-15-12-21/h1-12,14-15H,13,16-20H2,(H,28,32). The fraction of sp³-hybridized carbons (Fsp3) is 0.231. The number of nitrogens with zero attached hydrogens (tertiary/aromatic N) is 4. The first-order valence-electron chi connectivity index (χ1n) is 11.3. The molecule has 0 unspecified atom stereocenters. The molecule has 3 aromatic rings. The van der Waals surface area contributed by atoms with Crippen LogP contribution in [0.1, 0.15) is 11.1 Å². The second-order valence-electron chi connectivity index (χ2n) is 8.09. The second kappa shape index (κ2) is 11.2. The van der Waals surface area contributed by atoms with Gasteiger partial charge in [-0.3, -0.25) is 24.8 Å². The molecular formula is C26H27N5O3. The minimum absolute atomic E-state index is 0.0336. The maximum absolute atomic E-state index is 12.6. The third-order valence-corrected chi connectivity index (χ3v) is 5.89. The Labute approximate surface area is 198 Å². The molecule has 8 nitrogen and oxygen atoms in total. The number of nitro groups is 1. The summed E-state index contributed by atoms with van der Waals surface area (Å²) in [5, 5.41) is 14.1. The molecule has 0 bridgehead atoms. The van der Waals surface area contributed by atoms with Crippen LogP contribution in [0.5, 0.6) is 0 Å². The van der Waals surface area contributed by atoms with Crippen molar-refractivity contribution < 1.29 is 9.72 Å². The van der Waals surface area contributed by atoms with Crippen molar-refractivity contribution in [3.63, 3.8) is 0 Å². The molecule has 1 saturated heterocycles. The zero-order chi connectivity index (χ0) is 23.8. The van der Waals surface area contributed by atoms with E-state index < -0.39 is 4.92 Å². The molecule has 34 heavy (non-hydrogen) atoms. The van der Waals surface area contributed by atoms with Crippen LogP contribution in [-0.2, 0) is 11.2 Å². The minimum Gasteiger partial charge on any atom is -0.367 e. The highest BCUT2D eigenvalue weighted by molar-refractivity contribution is 6.04. The van der Waals surface area contributed by atoms with E-state index in [1.807, 2.05) is 36.7 Å². The van der Waals surface area contributed by atoms with Crippen LogP contribution in [-0.4, -0.2) is 53.4 Å². The van der Waals surface area contributed by atoms with Crippen molar-refractivity contribution in [2.75, 3.05) is 42.9 Å². The van der Waals surface area contributed by atoms with E-state index in [4.69, 9.17) is 0 Å². The van der Waals surface area contributed by atoms with Gasteiger partial charge in [0, 0.05) is 57.3 Å². The molecule has 0 radical (unpaired) electrons. The lowest BCUT2D eigenvalue weighted by atomic mass is 10.1. The van der Waals surface area contributed by atoms with E-state index in [0.717, 1.165) is 50.5 Å². The number of anilines is 2. The third kappa shape index (κ3) is 6.05. The summed E-state index contributed by atoms with van der Waals surface area (Å²) in [4.78, 5) is 32.1. The molecule has 1 aliphatic rings. The molecule has 1 aromatic heterocycles. The number of rotatable bonds is 8. The van der Waals surface area contributed by atoms with Crippen LogP contribution in [0.25, 0.3) is 6.08 Å². The van der Waals surface area contributed by atoms with Crippen LogP contribution in [0.4, 0.5) is 17.1 Å². The Balaban J connectivity index is 1.35. The van der Waals surface area contributed by atoms with E-state index in [9.17, 15) is 14.9 Å². The van der Waals surface area contributed by atoms with Crippen LogP contribution in [0.2, 0.25) is 0 Å². The molecule has 0 spiro atoms. The number of hydrogen-bond donors (Lipinski definition) is 1. The van der Waals surface area contributed by atoms with Crippen molar-refractivity contribution in [2.45, 2.75) is 6.42 Å². The van der Waals surface area contributed by atoms with Crippen LogP contribution < -0.4 is 10.2 Å². The molecular weight excluding hydrogens is 430 g/mol. The average molecular weight is 458 g/mol. The number of pyridine rings is 1. The van der Waals surface area contributed by atoms with Crippen molar-refractivity contribution in [3.8, 4) is 0 Å². The fourth-order valence-corrected chi connectivity index (χ4v) is 4.04. The Hall–Kier alpha value is -4.04. The number of benzene rings is 2. The van der Waals surface area contributed by atoms with Gasteiger partial charge in [0.05, 0.1) is 21.9 Å². The molecule has 2 aromatic carbocycles. The number of amides is 1. The molecule has 1 fully saturated rings. The summed E-state index contributed by atoms with van der Waals surface area (Å²) >= 11 is 0. The van der Waals surface area contributed by atoms with E-state index >= 15 is 0 Å². The molecule has 1 N–H and O–H groups in total. The van der Waals surface area contributed by atoms with E-state index in [1.54, 1.807) is 18.2 Å². The van der Waals surface area contributed by atoms with Crippen molar-refractivity contribution in [1.29, 1.82) is 0 Å². The molecule has 0 saturated carbocycles. The SMILES string of the molecule is O=C(C=Cc1ccccc1[N+](=O)[O-])Nc1ccccc1N1CCN(CCc2ccncc2)CC1. The number of nitrogens with one attached hydrogen (secondary N) is 1. The number of nitro benzene ring substituents is 1. The van der Waals surface area contributed by atoms with E-state index in [0.29, 0.717) is 5.56 Å². The van der Waals surface area contributed by atoms with Crippen molar-refractivity contribution in [1.82, 2.24) is 9.88 Å². The summed E-state index contributed by atoms with van der Waals surface area (Å²) in [6.45, 7) is 4.65. The first kappa shape index (κ1) is 23.1. The van der Waals surface area contributed by atoms with Gasteiger partial charge in [0.15, 0.2) is 0 Å². The summed E-state index contributed by atoms with van der Waals surface area (Å²) in [6, 6.07) is 18.2. The lowest BCUT2D eigenvalue weighted by molar-refractivity contribution is -0.385. The molecule has 2 heterocycles. The predicted molar refractivity (Wildman–Crippen MR) is 134 cm³/mol. The highest BCUT2D eigenvalue weighted by Gasteiger charge is 2.19. The summed E-state index contributed by atoms with van der Waals surface area (Å²) in [5.74, 6) is -0.332. The predicted octanol–water partition coefficient (Wildman–Crippen LogP) is 4.01. The van der Waals surface area contributed by atoms with Crippen molar-refractivity contribution >= 4 is 29.0 Å². The highest BCUT2D eigenvalue weighted by atomic mass is 16.6. The maximum Gasteiger partial charge on any atom is 0.276 e. The number of para-hydroxylation sites is 3. The van der Waals surface area contributed by atoms with E-state index in [2.05, 4.69) is 32.2 Å². The molecule has 0 aliphatic carbocycles. The third-order valence-electron chi connectivity index (χ3n) is 5.89. The molecule has 8 heteroatoms. The van der Waals surface area contributed by atoms with Gasteiger partial charge < -0.3 is 10.2 Å². The molecule has 0 atom stereocenters. The summed E-state index contributed by atoms with van der Waals surface area (Å²) in [6.07, 6.45) is 7.46. The Morgan fingerprint density at radius 1 is 1.00 bits per heavy atom. The van der Waals surface area contributed by atoms with Crippen LogP contribution in [0.3, 0.4) is 0 Å². The van der Waals surface area contributed by atoms with Gasteiger partial charge in [0.25, 0.3) is 5.69 Å². The average Bonchev–Trinajstić information content (AvgIpc) is 2.88. The van der Waals surface area contributed by atoms with E-state index in [-0.39, 0.29) is 11.6 Å². The number of piperazine rings is 1. The quantitative estimate of drug-likeness (QED) is 0.312. The Morgan fingerprint density at radius 2 is 1.71 bits per heavy atom. The highest BCUT2D eigenvalue weighted by Crippen LogP contribution is 2.27.